The maximum absolute atomic E-state index is 5.33. The second-order valence-electron chi connectivity index (χ2n) is 4.38. The molecule has 0 rings (SSSR count). The van der Waals surface area contributed by atoms with Crippen LogP contribution in [0.2, 0.25) is 0 Å². The Kier molecular flexibility index (Phi) is 8.22. The first kappa shape index (κ1) is 16.1. The average Bonchev–Trinajstić information content (AvgIpc) is 2.26. The third-order valence-corrected chi connectivity index (χ3v) is 2.20. The van der Waals surface area contributed by atoms with E-state index in [1.165, 1.54) is 0 Å². The molecule has 0 unspecified atom stereocenters. The Hall–Kier alpha value is -1.88. The standard InChI is InChI=1S/C16H24N2/c1-7-10-15(6)16(18-14(4)5)11-8-9-12-17-13(2)3/h1,8,11,17-18H,2,4,9-10,12H2,3,5-6H3/b11-8-,16-15+. The van der Waals surface area contributed by atoms with Gasteiger partial charge >= 0.3 is 0 Å². The molecule has 0 aromatic rings. The normalized spacial score (nSPS) is 11.7. The maximum atomic E-state index is 5.33. The van der Waals surface area contributed by atoms with E-state index >= 15 is 0 Å². The Balaban J connectivity index is 4.46. The van der Waals surface area contributed by atoms with Crippen molar-refractivity contribution in [2.75, 3.05) is 6.54 Å². The van der Waals surface area contributed by atoms with E-state index in [4.69, 9.17) is 6.42 Å². The molecule has 0 aromatic carbocycles. The molecule has 0 aliphatic rings. The van der Waals surface area contributed by atoms with Crippen LogP contribution in [0.5, 0.6) is 0 Å². The van der Waals surface area contributed by atoms with Gasteiger partial charge in [0.2, 0.25) is 0 Å². The monoisotopic (exact) mass is 244 g/mol. The van der Waals surface area contributed by atoms with Gasteiger partial charge in [0, 0.05) is 30.1 Å². The van der Waals surface area contributed by atoms with E-state index in [1.54, 1.807) is 0 Å². The lowest BCUT2D eigenvalue weighted by Gasteiger charge is -2.10. The lowest BCUT2D eigenvalue weighted by molar-refractivity contribution is 0.805. The van der Waals surface area contributed by atoms with Crippen LogP contribution >= 0.6 is 0 Å². The van der Waals surface area contributed by atoms with Crippen molar-refractivity contribution in [1.29, 1.82) is 0 Å². The Morgan fingerprint density at radius 3 is 2.39 bits per heavy atom. The van der Waals surface area contributed by atoms with Gasteiger partial charge in [0.25, 0.3) is 0 Å². The van der Waals surface area contributed by atoms with Crippen LogP contribution in [0.4, 0.5) is 0 Å². The minimum Gasteiger partial charge on any atom is -0.389 e. The summed E-state index contributed by atoms with van der Waals surface area (Å²) < 4.78 is 0. The smallest absolute Gasteiger partial charge is 0.0377 e. The largest absolute Gasteiger partial charge is 0.389 e. The van der Waals surface area contributed by atoms with E-state index < -0.39 is 0 Å². The van der Waals surface area contributed by atoms with Crippen LogP contribution in [-0.2, 0) is 0 Å². The predicted molar refractivity (Wildman–Crippen MR) is 80.7 cm³/mol. The average molecular weight is 244 g/mol. The number of hydrogen-bond donors (Lipinski definition) is 2. The lowest BCUT2D eigenvalue weighted by atomic mass is 10.1. The molecule has 0 radical (unpaired) electrons. The summed E-state index contributed by atoms with van der Waals surface area (Å²) in [6.45, 7) is 14.4. The molecule has 0 spiro atoms. The molecule has 2 heteroatoms. The van der Waals surface area contributed by atoms with E-state index in [2.05, 4.69) is 41.9 Å². The van der Waals surface area contributed by atoms with Gasteiger partial charge in [-0.05, 0) is 38.8 Å². The summed E-state index contributed by atoms with van der Waals surface area (Å²) in [4.78, 5) is 0. The first-order valence-electron chi connectivity index (χ1n) is 6.09. The highest BCUT2D eigenvalue weighted by Crippen LogP contribution is 2.08. The predicted octanol–water partition coefficient (Wildman–Crippen LogP) is 3.48. The third kappa shape index (κ3) is 8.29. The molecular weight excluding hydrogens is 220 g/mol. The molecular formula is C16H24N2. The number of rotatable bonds is 8. The Morgan fingerprint density at radius 1 is 1.22 bits per heavy atom. The topological polar surface area (TPSA) is 24.1 Å². The zero-order chi connectivity index (χ0) is 14.0. The molecule has 0 bridgehead atoms. The van der Waals surface area contributed by atoms with Crippen molar-refractivity contribution < 1.29 is 0 Å². The van der Waals surface area contributed by atoms with Crippen molar-refractivity contribution in [1.82, 2.24) is 10.6 Å². The van der Waals surface area contributed by atoms with Crippen LogP contribution in [0.3, 0.4) is 0 Å². The molecule has 0 heterocycles. The third-order valence-electron chi connectivity index (χ3n) is 2.20. The summed E-state index contributed by atoms with van der Waals surface area (Å²) in [5.74, 6) is 2.65. The van der Waals surface area contributed by atoms with Crippen molar-refractivity contribution in [3.8, 4) is 12.3 Å². The summed E-state index contributed by atoms with van der Waals surface area (Å²) in [5.41, 5.74) is 4.08. The Labute approximate surface area is 112 Å². The SMILES string of the molecule is C#CC/C(C)=C(\C=C/CCNC(=C)C)NC(=C)C. The van der Waals surface area contributed by atoms with Crippen LogP contribution in [0, 0.1) is 12.3 Å². The molecule has 0 aliphatic carbocycles. The summed E-state index contributed by atoms with van der Waals surface area (Å²) in [6, 6.07) is 0. The quantitative estimate of drug-likeness (QED) is 0.388. The van der Waals surface area contributed by atoms with E-state index in [0.29, 0.717) is 6.42 Å². The molecule has 0 saturated heterocycles. The number of nitrogens with one attached hydrogen (secondary N) is 2. The second-order valence-corrected chi connectivity index (χ2v) is 4.38. The zero-order valence-electron chi connectivity index (χ0n) is 11.8. The minimum atomic E-state index is 0.643. The maximum Gasteiger partial charge on any atom is 0.0377 e. The lowest BCUT2D eigenvalue weighted by Crippen LogP contribution is -2.11. The van der Waals surface area contributed by atoms with E-state index in [0.717, 1.165) is 35.6 Å². The van der Waals surface area contributed by atoms with Crippen LogP contribution in [0.1, 0.15) is 33.6 Å². The second kappa shape index (κ2) is 9.18. The highest BCUT2D eigenvalue weighted by molar-refractivity contribution is 5.28. The van der Waals surface area contributed by atoms with Crippen molar-refractivity contribution in [2.45, 2.75) is 33.6 Å². The highest BCUT2D eigenvalue weighted by atomic mass is 14.9. The van der Waals surface area contributed by atoms with Crippen molar-refractivity contribution >= 4 is 0 Å². The van der Waals surface area contributed by atoms with Gasteiger partial charge in [0.1, 0.15) is 0 Å². The van der Waals surface area contributed by atoms with Gasteiger partial charge in [0.15, 0.2) is 0 Å². The summed E-state index contributed by atoms with van der Waals surface area (Å²) in [6.07, 6.45) is 11.1. The Morgan fingerprint density at radius 2 is 1.89 bits per heavy atom. The van der Waals surface area contributed by atoms with Gasteiger partial charge in [0.05, 0.1) is 0 Å². The minimum absolute atomic E-state index is 0.643. The molecule has 2 N–H and O–H groups in total. The van der Waals surface area contributed by atoms with Gasteiger partial charge < -0.3 is 10.6 Å². The molecule has 18 heavy (non-hydrogen) atoms. The van der Waals surface area contributed by atoms with Crippen molar-refractivity contribution in [2.24, 2.45) is 0 Å². The van der Waals surface area contributed by atoms with Gasteiger partial charge in [-0.1, -0.05) is 19.2 Å². The summed E-state index contributed by atoms with van der Waals surface area (Å²) >= 11 is 0. The van der Waals surface area contributed by atoms with Crippen molar-refractivity contribution in [3.63, 3.8) is 0 Å². The first-order chi connectivity index (χ1) is 8.47. The number of terminal acetylenes is 1. The van der Waals surface area contributed by atoms with Crippen LogP contribution < -0.4 is 10.6 Å². The van der Waals surface area contributed by atoms with E-state index in [-0.39, 0.29) is 0 Å². The fourth-order valence-electron chi connectivity index (χ4n) is 1.34. The van der Waals surface area contributed by atoms with Gasteiger partial charge in [-0.25, -0.2) is 0 Å². The van der Waals surface area contributed by atoms with Crippen molar-refractivity contribution in [3.05, 3.63) is 48.0 Å². The molecule has 2 nitrogen and oxygen atoms in total. The van der Waals surface area contributed by atoms with Gasteiger partial charge in [-0.2, -0.15) is 0 Å². The fraction of sp³-hybridized carbons (Fsp3) is 0.375. The molecule has 0 atom stereocenters. The molecule has 98 valence electrons. The molecule has 0 aliphatic heterocycles. The fourth-order valence-corrected chi connectivity index (χ4v) is 1.34. The van der Waals surface area contributed by atoms with Crippen LogP contribution in [-0.4, -0.2) is 6.54 Å². The molecule has 0 aromatic heterocycles. The first-order valence-corrected chi connectivity index (χ1v) is 6.09. The molecule has 0 amide bonds. The van der Waals surface area contributed by atoms with Crippen LogP contribution in [0.25, 0.3) is 0 Å². The molecule has 0 saturated carbocycles. The number of hydrogen-bond acceptors (Lipinski definition) is 2. The van der Waals surface area contributed by atoms with Crippen LogP contribution in [0.15, 0.2) is 48.0 Å². The number of allylic oxidation sites excluding steroid dienone is 4. The highest BCUT2D eigenvalue weighted by Gasteiger charge is 1.97. The van der Waals surface area contributed by atoms with E-state index in [1.807, 2.05) is 20.8 Å². The van der Waals surface area contributed by atoms with Gasteiger partial charge in [-0.3, -0.25) is 0 Å². The van der Waals surface area contributed by atoms with Gasteiger partial charge in [-0.15, -0.1) is 12.3 Å². The summed E-state index contributed by atoms with van der Waals surface area (Å²) in [7, 11) is 0. The van der Waals surface area contributed by atoms with E-state index in [9.17, 15) is 0 Å². The Bertz CT molecular complexity index is 392. The summed E-state index contributed by atoms with van der Waals surface area (Å²) in [5, 5.41) is 6.41. The molecule has 0 fully saturated rings. The zero-order valence-corrected chi connectivity index (χ0v) is 11.8.